The van der Waals surface area contributed by atoms with Crippen molar-refractivity contribution >= 4 is 23.2 Å². The fourth-order valence-electron chi connectivity index (χ4n) is 3.33. The monoisotopic (exact) mass is 401 g/mol. The minimum Gasteiger partial charge on any atom is -0.494 e. The molecule has 1 aromatic carbocycles. The number of ether oxygens (including phenoxy) is 1. The fourth-order valence-corrected chi connectivity index (χ4v) is 4.14. The van der Waals surface area contributed by atoms with Crippen LogP contribution in [0.5, 0.6) is 5.75 Å². The molecule has 1 aromatic heterocycles. The van der Waals surface area contributed by atoms with Crippen LogP contribution in [0.1, 0.15) is 49.5 Å². The molecule has 1 fully saturated rings. The van der Waals surface area contributed by atoms with Crippen LogP contribution in [0.25, 0.3) is 10.6 Å². The van der Waals surface area contributed by atoms with Crippen LogP contribution in [0.15, 0.2) is 29.6 Å². The minimum absolute atomic E-state index is 0.111. The largest absolute Gasteiger partial charge is 0.494 e. The first kappa shape index (κ1) is 20.3. The summed E-state index contributed by atoms with van der Waals surface area (Å²) in [5.41, 5.74) is 1.35. The van der Waals surface area contributed by atoms with Gasteiger partial charge >= 0.3 is 0 Å². The van der Waals surface area contributed by atoms with Crippen molar-refractivity contribution in [2.24, 2.45) is 5.92 Å². The van der Waals surface area contributed by atoms with Crippen LogP contribution in [0.4, 0.5) is 0 Å². The first-order valence-electron chi connectivity index (χ1n) is 9.92. The van der Waals surface area contributed by atoms with Gasteiger partial charge in [0.1, 0.15) is 16.5 Å². The topological polar surface area (TPSA) is 80.3 Å². The Labute approximate surface area is 169 Å². The second kappa shape index (κ2) is 10.2. The number of nitrogens with zero attached hydrogens (tertiary/aromatic N) is 1. The van der Waals surface area contributed by atoms with Crippen molar-refractivity contribution in [3.05, 3.63) is 35.3 Å². The van der Waals surface area contributed by atoms with Gasteiger partial charge in [-0.2, -0.15) is 0 Å². The summed E-state index contributed by atoms with van der Waals surface area (Å²) in [6, 6.07) is 7.67. The van der Waals surface area contributed by atoms with Gasteiger partial charge < -0.3 is 15.4 Å². The highest BCUT2D eigenvalue weighted by molar-refractivity contribution is 7.13. The number of carbonyl (C=O) groups is 2. The van der Waals surface area contributed by atoms with E-state index < -0.39 is 0 Å². The van der Waals surface area contributed by atoms with Crippen molar-refractivity contribution in [1.29, 1.82) is 0 Å². The molecule has 0 saturated heterocycles. The number of hydrogen-bond acceptors (Lipinski definition) is 5. The molecule has 0 bridgehead atoms. The van der Waals surface area contributed by atoms with E-state index in [1.165, 1.54) is 17.8 Å². The van der Waals surface area contributed by atoms with E-state index in [2.05, 4.69) is 15.6 Å². The number of hydrogen-bond donors (Lipinski definition) is 2. The molecule has 2 aromatic rings. The lowest BCUT2D eigenvalue weighted by molar-refractivity contribution is -0.125. The molecule has 0 unspecified atom stereocenters. The summed E-state index contributed by atoms with van der Waals surface area (Å²) in [6.45, 7) is 3.41. The van der Waals surface area contributed by atoms with Crippen molar-refractivity contribution < 1.29 is 14.3 Å². The lowest BCUT2D eigenvalue weighted by Crippen LogP contribution is -2.38. The molecular formula is C21H27N3O3S. The second-order valence-electron chi connectivity index (χ2n) is 6.88. The zero-order chi connectivity index (χ0) is 19.8. The normalized spacial score (nSPS) is 14.5. The van der Waals surface area contributed by atoms with E-state index >= 15 is 0 Å². The number of benzene rings is 1. The molecule has 0 aliphatic heterocycles. The van der Waals surface area contributed by atoms with Crippen LogP contribution in [-0.4, -0.2) is 36.5 Å². The standard InChI is InChI=1S/C21H27N3O3S/c1-2-27-17-10-8-16(9-11-17)21-24-18(14-28-21)20(26)23-13-12-22-19(25)15-6-4-3-5-7-15/h8-11,14-15H,2-7,12-13H2,1H3,(H,22,25)(H,23,26). The summed E-state index contributed by atoms with van der Waals surface area (Å²) in [4.78, 5) is 28.8. The maximum Gasteiger partial charge on any atom is 0.270 e. The number of thiazole rings is 1. The van der Waals surface area contributed by atoms with Gasteiger partial charge in [0.15, 0.2) is 0 Å². The van der Waals surface area contributed by atoms with Crippen LogP contribution in [0.3, 0.4) is 0 Å². The van der Waals surface area contributed by atoms with Crippen molar-refractivity contribution in [3.63, 3.8) is 0 Å². The van der Waals surface area contributed by atoms with Gasteiger partial charge in [-0.05, 0) is 44.0 Å². The Balaban J connectivity index is 1.44. The summed E-state index contributed by atoms with van der Waals surface area (Å²) in [5.74, 6) is 0.844. The van der Waals surface area contributed by atoms with E-state index in [1.807, 2.05) is 31.2 Å². The molecule has 6 nitrogen and oxygen atoms in total. The molecule has 0 radical (unpaired) electrons. The van der Waals surface area contributed by atoms with Crippen LogP contribution in [0.2, 0.25) is 0 Å². The average molecular weight is 402 g/mol. The van der Waals surface area contributed by atoms with E-state index in [0.29, 0.717) is 25.4 Å². The van der Waals surface area contributed by atoms with E-state index in [-0.39, 0.29) is 17.7 Å². The van der Waals surface area contributed by atoms with E-state index in [4.69, 9.17) is 4.74 Å². The summed E-state index contributed by atoms with van der Waals surface area (Å²) in [5, 5.41) is 8.28. The van der Waals surface area contributed by atoms with Crippen molar-refractivity contribution in [1.82, 2.24) is 15.6 Å². The summed E-state index contributed by atoms with van der Waals surface area (Å²) in [7, 11) is 0. The zero-order valence-corrected chi connectivity index (χ0v) is 17.0. The molecule has 0 spiro atoms. The van der Waals surface area contributed by atoms with Crippen LogP contribution >= 0.6 is 11.3 Å². The smallest absolute Gasteiger partial charge is 0.270 e. The number of aromatic nitrogens is 1. The molecule has 1 aliphatic carbocycles. The Kier molecular flexibility index (Phi) is 7.42. The van der Waals surface area contributed by atoms with Gasteiger partial charge in [-0.1, -0.05) is 19.3 Å². The van der Waals surface area contributed by atoms with Gasteiger partial charge in [-0.15, -0.1) is 11.3 Å². The van der Waals surface area contributed by atoms with Crippen LogP contribution in [0, 0.1) is 5.92 Å². The quantitative estimate of drug-likeness (QED) is 0.662. The number of nitrogens with one attached hydrogen (secondary N) is 2. The highest BCUT2D eigenvalue weighted by atomic mass is 32.1. The molecule has 7 heteroatoms. The second-order valence-corrected chi connectivity index (χ2v) is 7.74. The average Bonchev–Trinajstić information content (AvgIpc) is 3.23. The molecule has 150 valence electrons. The zero-order valence-electron chi connectivity index (χ0n) is 16.2. The summed E-state index contributed by atoms with van der Waals surface area (Å²) >= 11 is 1.43. The first-order chi connectivity index (χ1) is 13.7. The third-order valence-corrected chi connectivity index (χ3v) is 5.73. The lowest BCUT2D eigenvalue weighted by atomic mass is 9.89. The Morgan fingerprint density at radius 3 is 2.54 bits per heavy atom. The Morgan fingerprint density at radius 1 is 1.11 bits per heavy atom. The SMILES string of the molecule is CCOc1ccc(-c2nc(C(=O)NCCNC(=O)C3CCCCC3)cs2)cc1. The third kappa shape index (κ3) is 5.55. The maximum atomic E-state index is 12.3. The van der Waals surface area contributed by atoms with Gasteiger partial charge in [-0.25, -0.2) is 4.98 Å². The van der Waals surface area contributed by atoms with E-state index in [1.54, 1.807) is 5.38 Å². The molecule has 0 atom stereocenters. The predicted molar refractivity (Wildman–Crippen MR) is 111 cm³/mol. The molecular weight excluding hydrogens is 374 g/mol. The van der Waals surface area contributed by atoms with Gasteiger partial charge in [0, 0.05) is 30.0 Å². The van der Waals surface area contributed by atoms with Gasteiger partial charge in [0.25, 0.3) is 5.91 Å². The van der Waals surface area contributed by atoms with Gasteiger partial charge in [0.2, 0.25) is 5.91 Å². The Hall–Kier alpha value is -2.41. The molecule has 1 heterocycles. The molecule has 2 amide bonds. The third-order valence-electron chi connectivity index (χ3n) is 4.83. The van der Waals surface area contributed by atoms with E-state index in [9.17, 15) is 9.59 Å². The highest BCUT2D eigenvalue weighted by Gasteiger charge is 2.20. The molecule has 1 aliphatic rings. The van der Waals surface area contributed by atoms with Gasteiger partial charge in [-0.3, -0.25) is 9.59 Å². The molecule has 28 heavy (non-hydrogen) atoms. The predicted octanol–water partition coefficient (Wildman–Crippen LogP) is 3.64. The minimum atomic E-state index is -0.222. The first-order valence-corrected chi connectivity index (χ1v) is 10.8. The highest BCUT2D eigenvalue weighted by Crippen LogP contribution is 2.26. The molecule has 2 N–H and O–H groups in total. The number of carbonyl (C=O) groups excluding carboxylic acids is 2. The maximum absolute atomic E-state index is 12.3. The summed E-state index contributed by atoms with van der Waals surface area (Å²) in [6.07, 6.45) is 5.45. The van der Waals surface area contributed by atoms with Crippen LogP contribution in [-0.2, 0) is 4.79 Å². The Bertz CT molecular complexity index is 782. The van der Waals surface area contributed by atoms with E-state index in [0.717, 1.165) is 42.0 Å². The van der Waals surface area contributed by atoms with Crippen molar-refractivity contribution in [2.45, 2.75) is 39.0 Å². The number of rotatable bonds is 8. The molecule has 3 rings (SSSR count). The van der Waals surface area contributed by atoms with Crippen molar-refractivity contribution in [3.8, 4) is 16.3 Å². The van der Waals surface area contributed by atoms with Gasteiger partial charge in [0.05, 0.1) is 6.61 Å². The molecule has 1 saturated carbocycles. The number of amides is 2. The van der Waals surface area contributed by atoms with Crippen LogP contribution < -0.4 is 15.4 Å². The Morgan fingerprint density at radius 2 is 1.82 bits per heavy atom. The van der Waals surface area contributed by atoms with Crippen molar-refractivity contribution in [2.75, 3.05) is 19.7 Å². The summed E-state index contributed by atoms with van der Waals surface area (Å²) < 4.78 is 5.44. The lowest BCUT2D eigenvalue weighted by Gasteiger charge is -2.20. The fraction of sp³-hybridized carbons (Fsp3) is 0.476.